The lowest BCUT2D eigenvalue weighted by molar-refractivity contribution is -0.137. The predicted octanol–water partition coefficient (Wildman–Crippen LogP) is 2.72. The van der Waals surface area contributed by atoms with Crippen molar-refractivity contribution in [2.45, 2.75) is 25.3 Å². The zero-order valence-corrected chi connectivity index (χ0v) is 12.9. The Kier molecular flexibility index (Phi) is 4.88. The highest BCUT2D eigenvalue weighted by Gasteiger charge is 2.26. The van der Waals surface area contributed by atoms with Crippen molar-refractivity contribution < 1.29 is 19.4 Å². The highest BCUT2D eigenvalue weighted by atomic mass is 79.9. The second kappa shape index (κ2) is 6.45. The van der Waals surface area contributed by atoms with E-state index < -0.39 is 12.0 Å². The van der Waals surface area contributed by atoms with E-state index in [1.54, 1.807) is 19.2 Å². The van der Waals surface area contributed by atoms with Crippen LogP contribution >= 0.6 is 15.9 Å². The van der Waals surface area contributed by atoms with Crippen molar-refractivity contribution in [3.05, 3.63) is 22.2 Å². The maximum atomic E-state index is 10.9. The van der Waals surface area contributed by atoms with E-state index in [4.69, 9.17) is 20.3 Å². The number of carbonyl (C=O) groups is 1. The molecule has 1 atom stereocenters. The number of carboxylic acids is 1. The molecule has 0 radical (unpaired) electrons. The Morgan fingerprint density at radius 2 is 2.25 bits per heavy atom. The molecule has 110 valence electrons. The van der Waals surface area contributed by atoms with Crippen molar-refractivity contribution in [1.82, 2.24) is 0 Å². The summed E-state index contributed by atoms with van der Waals surface area (Å²) in [6.07, 6.45) is 2.19. The SMILES string of the molecule is COc1ccc(Br)c(C(N)CC(=O)O)c1OCC1CC1. The molecule has 0 aliphatic heterocycles. The third-order valence-electron chi connectivity index (χ3n) is 3.25. The Bertz CT molecular complexity index is 502. The van der Waals surface area contributed by atoms with Crippen LogP contribution in [-0.2, 0) is 4.79 Å². The lowest BCUT2D eigenvalue weighted by Gasteiger charge is -2.20. The summed E-state index contributed by atoms with van der Waals surface area (Å²) in [6, 6.07) is 2.93. The van der Waals surface area contributed by atoms with Gasteiger partial charge in [0.05, 0.1) is 20.1 Å². The van der Waals surface area contributed by atoms with Gasteiger partial charge in [-0.25, -0.2) is 0 Å². The second-order valence-electron chi connectivity index (χ2n) is 4.95. The molecule has 0 amide bonds. The summed E-state index contributed by atoms with van der Waals surface area (Å²) in [6.45, 7) is 0.611. The summed E-state index contributed by atoms with van der Waals surface area (Å²) >= 11 is 3.42. The van der Waals surface area contributed by atoms with Crippen molar-refractivity contribution >= 4 is 21.9 Å². The highest BCUT2D eigenvalue weighted by Crippen LogP contribution is 2.41. The normalized spacial score (nSPS) is 15.8. The summed E-state index contributed by atoms with van der Waals surface area (Å²) in [4.78, 5) is 10.9. The number of halogens is 1. The predicted molar refractivity (Wildman–Crippen MR) is 78.1 cm³/mol. The standard InChI is InChI=1S/C14H18BrNO4/c1-19-11-5-4-9(15)13(10(16)6-12(17)18)14(11)20-7-8-2-3-8/h4-5,8,10H,2-3,6-7,16H2,1H3,(H,17,18). The number of rotatable bonds is 7. The molecule has 1 aromatic rings. The molecule has 5 nitrogen and oxygen atoms in total. The number of carboxylic acid groups (broad SMARTS) is 1. The zero-order chi connectivity index (χ0) is 14.7. The van der Waals surface area contributed by atoms with Crippen molar-refractivity contribution in [3.8, 4) is 11.5 Å². The van der Waals surface area contributed by atoms with E-state index in [9.17, 15) is 4.79 Å². The topological polar surface area (TPSA) is 81.8 Å². The second-order valence-corrected chi connectivity index (χ2v) is 5.81. The van der Waals surface area contributed by atoms with Crippen LogP contribution < -0.4 is 15.2 Å². The lowest BCUT2D eigenvalue weighted by atomic mass is 10.0. The van der Waals surface area contributed by atoms with E-state index >= 15 is 0 Å². The van der Waals surface area contributed by atoms with E-state index in [1.165, 1.54) is 12.8 Å². The number of methoxy groups -OCH3 is 1. The van der Waals surface area contributed by atoms with Crippen LogP contribution in [0.5, 0.6) is 11.5 Å². The molecule has 2 rings (SSSR count). The van der Waals surface area contributed by atoms with Gasteiger partial charge >= 0.3 is 5.97 Å². The fourth-order valence-corrected chi connectivity index (χ4v) is 2.59. The molecule has 1 fully saturated rings. The van der Waals surface area contributed by atoms with E-state index in [0.29, 0.717) is 29.6 Å². The van der Waals surface area contributed by atoms with Crippen LogP contribution in [0, 0.1) is 5.92 Å². The van der Waals surface area contributed by atoms with Crippen LogP contribution in [0.15, 0.2) is 16.6 Å². The Labute approximate surface area is 126 Å². The summed E-state index contributed by atoms with van der Waals surface area (Å²) in [5.41, 5.74) is 6.64. The summed E-state index contributed by atoms with van der Waals surface area (Å²) in [5.74, 6) is 0.759. The third-order valence-corrected chi connectivity index (χ3v) is 3.94. The smallest absolute Gasteiger partial charge is 0.305 e. The van der Waals surface area contributed by atoms with Crippen molar-refractivity contribution in [3.63, 3.8) is 0 Å². The van der Waals surface area contributed by atoms with Gasteiger partial charge in [0.25, 0.3) is 0 Å². The quantitative estimate of drug-likeness (QED) is 0.795. The molecule has 3 N–H and O–H groups in total. The summed E-state index contributed by atoms with van der Waals surface area (Å²) in [5, 5.41) is 8.91. The summed E-state index contributed by atoms with van der Waals surface area (Å²) < 4.78 is 11.9. The molecule has 1 aliphatic carbocycles. The largest absolute Gasteiger partial charge is 0.493 e. The van der Waals surface area contributed by atoms with Crippen LogP contribution in [0.25, 0.3) is 0 Å². The Hall–Kier alpha value is -1.27. The number of aliphatic carboxylic acids is 1. The molecular formula is C14H18BrNO4. The molecule has 0 bridgehead atoms. The fraction of sp³-hybridized carbons (Fsp3) is 0.500. The van der Waals surface area contributed by atoms with E-state index in [0.717, 1.165) is 4.47 Å². The molecule has 6 heteroatoms. The Morgan fingerprint density at radius 3 is 2.80 bits per heavy atom. The monoisotopic (exact) mass is 343 g/mol. The highest BCUT2D eigenvalue weighted by molar-refractivity contribution is 9.10. The summed E-state index contributed by atoms with van der Waals surface area (Å²) in [7, 11) is 1.56. The Morgan fingerprint density at radius 1 is 1.55 bits per heavy atom. The maximum Gasteiger partial charge on any atom is 0.305 e. The first-order chi connectivity index (χ1) is 9.52. The molecule has 0 saturated heterocycles. The van der Waals surface area contributed by atoms with Crippen LogP contribution in [0.4, 0.5) is 0 Å². The van der Waals surface area contributed by atoms with Gasteiger partial charge in [-0.3, -0.25) is 4.79 Å². The van der Waals surface area contributed by atoms with Gasteiger partial charge < -0.3 is 20.3 Å². The van der Waals surface area contributed by atoms with Gasteiger partial charge in [-0.1, -0.05) is 15.9 Å². The maximum absolute atomic E-state index is 10.9. The first kappa shape index (κ1) is 15.1. The minimum Gasteiger partial charge on any atom is -0.493 e. The van der Waals surface area contributed by atoms with E-state index in [1.807, 2.05) is 0 Å². The first-order valence-corrected chi connectivity index (χ1v) is 7.28. The van der Waals surface area contributed by atoms with Gasteiger partial charge in [0.1, 0.15) is 0 Å². The lowest BCUT2D eigenvalue weighted by Crippen LogP contribution is -2.17. The molecule has 0 heterocycles. The molecular weight excluding hydrogens is 326 g/mol. The molecule has 1 aliphatic rings. The van der Waals surface area contributed by atoms with Gasteiger partial charge in [0.2, 0.25) is 0 Å². The van der Waals surface area contributed by atoms with Gasteiger partial charge in [0.15, 0.2) is 11.5 Å². The third kappa shape index (κ3) is 3.64. The minimum absolute atomic E-state index is 0.161. The van der Waals surface area contributed by atoms with Crippen molar-refractivity contribution in [1.29, 1.82) is 0 Å². The minimum atomic E-state index is -0.944. The van der Waals surface area contributed by atoms with Crippen molar-refractivity contribution in [2.75, 3.05) is 13.7 Å². The van der Waals surface area contributed by atoms with Crippen LogP contribution in [0.3, 0.4) is 0 Å². The number of ether oxygens (including phenoxy) is 2. The Balaban J connectivity index is 2.31. The molecule has 20 heavy (non-hydrogen) atoms. The van der Waals surface area contributed by atoms with Gasteiger partial charge in [-0.15, -0.1) is 0 Å². The average Bonchev–Trinajstić information content (AvgIpc) is 3.19. The van der Waals surface area contributed by atoms with Gasteiger partial charge in [-0.2, -0.15) is 0 Å². The zero-order valence-electron chi connectivity index (χ0n) is 11.3. The van der Waals surface area contributed by atoms with Gasteiger partial charge in [-0.05, 0) is 30.9 Å². The number of benzene rings is 1. The first-order valence-electron chi connectivity index (χ1n) is 6.49. The average molecular weight is 344 g/mol. The molecule has 0 aromatic heterocycles. The number of nitrogens with two attached hydrogens (primary N) is 1. The van der Waals surface area contributed by atoms with E-state index in [-0.39, 0.29) is 6.42 Å². The van der Waals surface area contributed by atoms with Gasteiger partial charge in [0, 0.05) is 16.1 Å². The molecule has 1 aromatic carbocycles. The molecule has 1 saturated carbocycles. The molecule has 0 spiro atoms. The van der Waals surface area contributed by atoms with Crippen LogP contribution in [-0.4, -0.2) is 24.8 Å². The number of hydrogen-bond donors (Lipinski definition) is 2. The fourth-order valence-electron chi connectivity index (χ4n) is 1.99. The van der Waals surface area contributed by atoms with Crippen molar-refractivity contribution in [2.24, 2.45) is 11.7 Å². The number of hydrogen-bond acceptors (Lipinski definition) is 4. The van der Waals surface area contributed by atoms with E-state index in [2.05, 4.69) is 15.9 Å². The van der Waals surface area contributed by atoms with Crippen LogP contribution in [0.1, 0.15) is 30.9 Å². The molecule has 1 unspecified atom stereocenters. The van der Waals surface area contributed by atoms with Crippen LogP contribution in [0.2, 0.25) is 0 Å².